The van der Waals surface area contributed by atoms with E-state index in [0.717, 1.165) is 23.3 Å². The van der Waals surface area contributed by atoms with Crippen molar-refractivity contribution in [1.82, 2.24) is 19.7 Å². The average molecular weight is 283 g/mol. The minimum atomic E-state index is 0.431. The Morgan fingerprint density at radius 2 is 2.28 bits per heavy atom. The molecule has 2 aromatic heterocycles. The van der Waals surface area contributed by atoms with Crippen molar-refractivity contribution in [2.45, 2.75) is 37.8 Å². The van der Waals surface area contributed by atoms with E-state index in [2.05, 4.69) is 33.6 Å². The summed E-state index contributed by atoms with van der Waals surface area (Å²) in [6.07, 6.45) is 1.89. The van der Waals surface area contributed by atoms with Crippen LogP contribution in [0.4, 0.5) is 0 Å². The predicted octanol–water partition coefficient (Wildman–Crippen LogP) is 2.14. The van der Waals surface area contributed by atoms with Gasteiger partial charge in [0.25, 0.3) is 0 Å². The van der Waals surface area contributed by atoms with E-state index in [1.54, 1.807) is 23.1 Å². The number of thioether (sulfide) groups is 1. The summed E-state index contributed by atoms with van der Waals surface area (Å²) in [6, 6.07) is 0. The first-order valence-corrected chi connectivity index (χ1v) is 7.69. The highest BCUT2D eigenvalue weighted by atomic mass is 32.2. The fourth-order valence-corrected chi connectivity index (χ4v) is 3.18. The van der Waals surface area contributed by atoms with Crippen LogP contribution in [0, 0.1) is 5.92 Å². The molecule has 0 amide bonds. The van der Waals surface area contributed by atoms with Crippen molar-refractivity contribution in [3.8, 4) is 0 Å². The molecule has 2 heterocycles. The Labute approximate surface area is 115 Å². The van der Waals surface area contributed by atoms with Crippen molar-refractivity contribution in [1.29, 1.82) is 0 Å². The van der Waals surface area contributed by atoms with Gasteiger partial charge in [-0.3, -0.25) is 4.98 Å². The van der Waals surface area contributed by atoms with Crippen molar-refractivity contribution >= 4 is 23.1 Å². The van der Waals surface area contributed by atoms with Crippen LogP contribution in [0.1, 0.15) is 24.5 Å². The number of hydrogen-bond donors (Lipinski definition) is 1. The first kappa shape index (κ1) is 13.5. The second kappa shape index (κ2) is 6.31. The molecule has 0 bridgehead atoms. The largest absolute Gasteiger partial charge is 0.324 e. The third kappa shape index (κ3) is 3.30. The molecule has 0 atom stereocenters. The van der Waals surface area contributed by atoms with E-state index < -0.39 is 0 Å². The molecule has 0 aromatic carbocycles. The minimum Gasteiger partial charge on any atom is -0.324 e. The summed E-state index contributed by atoms with van der Waals surface area (Å²) < 4.78 is 2.12. The quantitative estimate of drug-likeness (QED) is 0.823. The van der Waals surface area contributed by atoms with Crippen LogP contribution in [0.25, 0.3) is 0 Å². The van der Waals surface area contributed by atoms with Crippen LogP contribution in [-0.2, 0) is 18.8 Å². The molecule has 18 heavy (non-hydrogen) atoms. The normalized spacial score (nSPS) is 11.3. The van der Waals surface area contributed by atoms with Gasteiger partial charge in [0.1, 0.15) is 5.82 Å². The van der Waals surface area contributed by atoms with E-state index in [4.69, 9.17) is 5.73 Å². The van der Waals surface area contributed by atoms with Crippen molar-refractivity contribution in [2.24, 2.45) is 11.7 Å². The number of nitrogens with two attached hydrogens (primary N) is 1. The first-order chi connectivity index (χ1) is 8.70. The summed E-state index contributed by atoms with van der Waals surface area (Å²) in [6.45, 7) is 5.70. The fourth-order valence-electron chi connectivity index (χ4n) is 1.57. The van der Waals surface area contributed by atoms with Gasteiger partial charge in [0, 0.05) is 23.4 Å². The van der Waals surface area contributed by atoms with Gasteiger partial charge in [0.05, 0.1) is 12.1 Å². The minimum absolute atomic E-state index is 0.431. The summed E-state index contributed by atoms with van der Waals surface area (Å²) in [5.41, 5.74) is 7.54. The smallest absolute Gasteiger partial charge is 0.191 e. The number of rotatable bonds is 6. The van der Waals surface area contributed by atoms with Crippen LogP contribution in [0.2, 0.25) is 0 Å². The van der Waals surface area contributed by atoms with Gasteiger partial charge in [0.15, 0.2) is 5.16 Å². The summed E-state index contributed by atoms with van der Waals surface area (Å²) in [5, 5.41) is 9.30. The van der Waals surface area contributed by atoms with Gasteiger partial charge in [-0.05, 0) is 5.92 Å². The van der Waals surface area contributed by atoms with Gasteiger partial charge in [-0.15, -0.1) is 21.5 Å². The van der Waals surface area contributed by atoms with Gasteiger partial charge < -0.3 is 10.3 Å². The first-order valence-electron chi connectivity index (χ1n) is 5.83. The Bertz CT molecular complexity index is 478. The van der Waals surface area contributed by atoms with Gasteiger partial charge in [-0.2, -0.15) is 0 Å². The molecule has 0 radical (unpaired) electrons. The van der Waals surface area contributed by atoms with Crippen molar-refractivity contribution in [2.75, 3.05) is 0 Å². The highest BCUT2D eigenvalue weighted by Gasteiger charge is 2.12. The average Bonchev–Trinajstić information content (AvgIpc) is 2.95. The lowest BCUT2D eigenvalue weighted by atomic mass is 10.2. The maximum Gasteiger partial charge on any atom is 0.191 e. The van der Waals surface area contributed by atoms with Crippen LogP contribution < -0.4 is 5.73 Å². The Morgan fingerprint density at radius 3 is 2.89 bits per heavy atom. The van der Waals surface area contributed by atoms with Gasteiger partial charge >= 0.3 is 0 Å². The molecule has 5 nitrogen and oxygen atoms in total. The Morgan fingerprint density at radius 1 is 1.44 bits per heavy atom. The molecule has 7 heteroatoms. The van der Waals surface area contributed by atoms with Crippen molar-refractivity contribution in [3.05, 3.63) is 22.4 Å². The highest BCUT2D eigenvalue weighted by molar-refractivity contribution is 7.98. The molecule has 0 spiro atoms. The standard InChI is InChI=1S/C11H17N5S2/c1-8(2)5-16-10(3-12)14-15-11(16)17-6-9-4-13-7-18-9/h4,7-8H,3,5-6,12H2,1-2H3. The summed E-state index contributed by atoms with van der Waals surface area (Å²) >= 11 is 3.35. The lowest BCUT2D eigenvalue weighted by Crippen LogP contribution is -2.12. The van der Waals surface area contributed by atoms with E-state index in [0.29, 0.717) is 12.5 Å². The molecule has 0 aliphatic carbocycles. The lowest BCUT2D eigenvalue weighted by Gasteiger charge is -2.11. The molecule has 2 aromatic rings. The molecular weight excluding hydrogens is 266 g/mol. The predicted molar refractivity (Wildman–Crippen MR) is 74.4 cm³/mol. The Balaban J connectivity index is 2.09. The summed E-state index contributed by atoms with van der Waals surface area (Å²) in [5.74, 6) is 2.29. The molecule has 98 valence electrons. The number of thiazole rings is 1. The van der Waals surface area contributed by atoms with E-state index >= 15 is 0 Å². The molecule has 0 saturated carbocycles. The fraction of sp³-hybridized carbons (Fsp3) is 0.545. The van der Waals surface area contributed by atoms with Crippen LogP contribution in [0.5, 0.6) is 0 Å². The molecule has 0 aliphatic heterocycles. The maximum atomic E-state index is 5.69. The van der Waals surface area contributed by atoms with Crippen LogP contribution >= 0.6 is 23.1 Å². The monoisotopic (exact) mass is 283 g/mol. The zero-order valence-electron chi connectivity index (χ0n) is 10.5. The van der Waals surface area contributed by atoms with Crippen molar-refractivity contribution in [3.63, 3.8) is 0 Å². The van der Waals surface area contributed by atoms with Gasteiger partial charge in [0.2, 0.25) is 0 Å². The second-order valence-electron chi connectivity index (χ2n) is 4.36. The van der Waals surface area contributed by atoms with E-state index in [1.165, 1.54) is 4.88 Å². The van der Waals surface area contributed by atoms with Crippen LogP contribution in [0.15, 0.2) is 16.9 Å². The van der Waals surface area contributed by atoms with Crippen LogP contribution in [0.3, 0.4) is 0 Å². The zero-order chi connectivity index (χ0) is 13.0. The molecule has 0 fully saturated rings. The molecule has 2 rings (SSSR count). The second-order valence-corrected chi connectivity index (χ2v) is 6.28. The summed E-state index contributed by atoms with van der Waals surface area (Å²) in [7, 11) is 0. The van der Waals surface area contributed by atoms with Crippen LogP contribution in [-0.4, -0.2) is 19.7 Å². The SMILES string of the molecule is CC(C)Cn1c(CN)nnc1SCc1cncs1. The molecule has 0 aliphatic rings. The molecule has 0 saturated heterocycles. The Hall–Kier alpha value is -0.920. The van der Waals surface area contributed by atoms with E-state index in [9.17, 15) is 0 Å². The number of aromatic nitrogens is 4. The van der Waals surface area contributed by atoms with Gasteiger partial charge in [-0.25, -0.2) is 0 Å². The number of nitrogens with zero attached hydrogens (tertiary/aromatic N) is 4. The summed E-state index contributed by atoms with van der Waals surface area (Å²) in [4.78, 5) is 5.31. The van der Waals surface area contributed by atoms with E-state index in [-0.39, 0.29) is 0 Å². The van der Waals surface area contributed by atoms with Gasteiger partial charge in [-0.1, -0.05) is 25.6 Å². The van der Waals surface area contributed by atoms with Crippen molar-refractivity contribution < 1.29 is 0 Å². The molecule has 2 N–H and O–H groups in total. The molecule has 0 unspecified atom stereocenters. The Kier molecular flexibility index (Phi) is 4.73. The lowest BCUT2D eigenvalue weighted by molar-refractivity contribution is 0.480. The third-order valence-electron chi connectivity index (χ3n) is 2.35. The molecular formula is C11H17N5S2. The zero-order valence-corrected chi connectivity index (χ0v) is 12.2. The topological polar surface area (TPSA) is 69.6 Å². The number of hydrogen-bond acceptors (Lipinski definition) is 6. The maximum absolute atomic E-state index is 5.69. The third-order valence-corrected chi connectivity index (χ3v) is 4.33. The van der Waals surface area contributed by atoms with E-state index in [1.807, 2.05) is 11.7 Å². The highest BCUT2D eigenvalue weighted by Crippen LogP contribution is 2.24.